The Morgan fingerprint density at radius 2 is 1.89 bits per heavy atom. The predicted octanol–water partition coefficient (Wildman–Crippen LogP) is 1.10. The summed E-state index contributed by atoms with van der Waals surface area (Å²) in [4.78, 5) is 14.7. The average Bonchev–Trinajstić information content (AvgIpc) is 2.36. The summed E-state index contributed by atoms with van der Waals surface area (Å²) in [6.45, 7) is 0. The Bertz CT molecular complexity index is 570. The first-order valence-corrected chi connectivity index (χ1v) is 5.51. The van der Waals surface area contributed by atoms with Gasteiger partial charge in [0.25, 0.3) is 0 Å². The van der Waals surface area contributed by atoms with E-state index in [1.807, 2.05) is 18.2 Å². The average molecular weight is 247 g/mol. The maximum Gasteiger partial charge on any atom is 0.306 e. The van der Waals surface area contributed by atoms with Gasteiger partial charge in [-0.1, -0.05) is 24.3 Å². The highest BCUT2D eigenvalue weighted by atomic mass is 16.4. The van der Waals surface area contributed by atoms with Gasteiger partial charge in [0.05, 0.1) is 23.7 Å². The number of hydrogen-bond donors (Lipinski definition) is 3. The number of hydrogen-bond acceptors (Lipinski definition) is 4. The van der Waals surface area contributed by atoms with Crippen molar-refractivity contribution in [2.24, 2.45) is 0 Å². The minimum Gasteiger partial charge on any atom is -0.481 e. The van der Waals surface area contributed by atoms with E-state index in [4.69, 9.17) is 5.11 Å². The fourth-order valence-corrected chi connectivity index (χ4v) is 1.73. The summed E-state index contributed by atoms with van der Waals surface area (Å²) < 4.78 is 0. The summed E-state index contributed by atoms with van der Waals surface area (Å²) >= 11 is 0. The molecule has 0 fully saturated rings. The number of aliphatic carboxylic acids is 1. The molecule has 5 heteroatoms. The molecule has 0 aliphatic heterocycles. The Hall–Kier alpha value is -1.98. The lowest BCUT2D eigenvalue weighted by Crippen LogP contribution is -2.22. The number of carboxylic acid groups (broad SMARTS) is 1. The van der Waals surface area contributed by atoms with E-state index in [9.17, 15) is 15.0 Å². The van der Waals surface area contributed by atoms with Gasteiger partial charge in [0, 0.05) is 5.39 Å². The van der Waals surface area contributed by atoms with Crippen LogP contribution in [0.25, 0.3) is 10.9 Å². The van der Waals surface area contributed by atoms with Crippen molar-refractivity contribution < 1.29 is 20.1 Å². The molecule has 2 aromatic rings. The number of para-hydroxylation sites is 1. The van der Waals surface area contributed by atoms with Crippen LogP contribution in [0.3, 0.4) is 0 Å². The first-order chi connectivity index (χ1) is 8.58. The number of nitrogens with zero attached hydrogens (tertiary/aromatic N) is 1. The monoisotopic (exact) mass is 247 g/mol. The third kappa shape index (κ3) is 2.64. The molecule has 94 valence electrons. The number of benzene rings is 1. The zero-order valence-corrected chi connectivity index (χ0v) is 9.52. The van der Waals surface area contributed by atoms with Gasteiger partial charge in [-0.2, -0.15) is 0 Å². The van der Waals surface area contributed by atoms with E-state index in [0.29, 0.717) is 5.52 Å². The molecule has 0 aliphatic carbocycles. The number of carbonyl (C=O) groups is 1. The zero-order valence-electron chi connectivity index (χ0n) is 9.52. The number of aliphatic hydroxyl groups is 2. The lowest BCUT2D eigenvalue weighted by Gasteiger charge is -2.15. The summed E-state index contributed by atoms with van der Waals surface area (Å²) in [6, 6.07) is 10.7. The maximum atomic E-state index is 10.5. The van der Waals surface area contributed by atoms with E-state index >= 15 is 0 Å². The number of aliphatic hydroxyl groups excluding tert-OH is 2. The molecule has 1 aromatic heterocycles. The summed E-state index contributed by atoms with van der Waals surface area (Å²) in [5.74, 6) is -1.16. The largest absolute Gasteiger partial charge is 0.481 e. The van der Waals surface area contributed by atoms with Gasteiger partial charge in [0.15, 0.2) is 0 Å². The van der Waals surface area contributed by atoms with Crippen LogP contribution in [-0.2, 0) is 4.79 Å². The van der Waals surface area contributed by atoms with Crippen LogP contribution in [0.2, 0.25) is 0 Å². The number of carboxylic acids is 1. The Balaban J connectivity index is 2.27. The molecular weight excluding hydrogens is 234 g/mol. The normalized spacial score (nSPS) is 14.3. The molecule has 0 aliphatic rings. The van der Waals surface area contributed by atoms with Gasteiger partial charge in [0.1, 0.15) is 6.10 Å². The minimum atomic E-state index is -1.36. The van der Waals surface area contributed by atoms with Gasteiger partial charge in [-0.25, -0.2) is 4.98 Å². The summed E-state index contributed by atoms with van der Waals surface area (Å²) in [6.07, 6.45) is -3.18. The molecule has 5 nitrogen and oxygen atoms in total. The standard InChI is InChI=1S/C13H13NO4/c15-11(7-12(16)17)13(18)10-6-5-8-3-1-2-4-9(8)14-10/h1-6,11,13,15,18H,7H2,(H,16,17). The van der Waals surface area contributed by atoms with Crippen LogP contribution in [0, 0.1) is 0 Å². The number of rotatable bonds is 4. The lowest BCUT2D eigenvalue weighted by molar-refractivity contribution is -0.141. The van der Waals surface area contributed by atoms with Crippen molar-refractivity contribution in [3.63, 3.8) is 0 Å². The first kappa shape index (κ1) is 12.5. The fraction of sp³-hybridized carbons (Fsp3) is 0.231. The highest BCUT2D eigenvalue weighted by Gasteiger charge is 2.22. The second-order valence-corrected chi connectivity index (χ2v) is 4.04. The van der Waals surface area contributed by atoms with Gasteiger partial charge >= 0.3 is 5.97 Å². The van der Waals surface area contributed by atoms with Crippen molar-refractivity contribution in [1.29, 1.82) is 0 Å². The predicted molar refractivity (Wildman–Crippen MR) is 65.0 cm³/mol. The van der Waals surface area contributed by atoms with Gasteiger partial charge in [-0.15, -0.1) is 0 Å². The van der Waals surface area contributed by atoms with Crippen LogP contribution >= 0.6 is 0 Å². The van der Waals surface area contributed by atoms with Crippen molar-refractivity contribution in [3.05, 3.63) is 42.1 Å². The molecule has 2 atom stereocenters. The summed E-state index contributed by atoms with van der Waals surface area (Å²) in [5.41, 5.74) is 0.957. The third-order valence-corrected chi connectivity index (χ3v) is 2.67. The third-order valence-electron chi connectivity index (χ3n) is 2.67. The molecule has 2 unspecified atom stereocenters. The molecule has 0 amide bonds. The molecule has 0 saturated carbocycles. The van der Waals surface area contributed by atoms with Crippen molar-refractivity contribution in [2.75, 3.05) is 0 Å². The molecule has 0 radical (unpaired) electrons. The van der Waals surface area contributed by atoms with E-state index < -0.39 is 24.6 Å². The van der Waals surface area contributed by atoms with Crippen LogP contribution in [0.1, 0.15) is 18.2 Å². The van der Waals surface area contributed by atoms with E-state index in [1.165, 1.54) is 0 Å². The van der Waals surface area contributed by atoms with Gasteiger partial charge < -0.3 is 15.3 Å². The number of aromatic nitrogens is 1. The highest BCUT2D eigenvalue weighted by molar-refractivity contribution is 5.78. The molecular formula is C13H13NO4. The van der Waals surface area contributed by atoms with Gasteiger partial charge in [-0.05, 0) is 12.1 Å². The minimum absolute atomic E-state index is 0.266. The molecule has 0 spiro atoms. The topological polar surface area (TPSA) is 90.7 Å². The number of fused-ring (bicyclic) bond motifs is 1. The van der Waals surface area contributed by atoms with Crippen molar-refractivity contribution in [3.8, 4) is 0 Å². The first-order valence-electron chi connectivity index (χ1n) is 5.51. The maximum absolute atomic E-state index is 10.5. The Morgan fingerprint density at radius 1 is 1.17 bits per heavy atom. The molecule has 18 heavy (non-hydrogen) atoms. The van der Waals surface area contributed by atoms with Crippen LogP contribution in [-0.4, -0.2) is 32.4 Å². The van der Waals surface area contributed by atoms with Crippen LogP contribution < -0.4 is 0 Å². The quantitative estimate of drug-likeness (QED) is 0.752. The molecule has 2 rings (SSSR count). The number of pyridine rings is 1. The van der Waals surface area contributed by atoms with E-state index in [0.717, 1.165) is 5.39 Å². The zero-order chi connectivity index (χ0) is 13.1. The Kier molecular flexibility index (Phi) is 3.55. The second-order valence-electron chi connectivity index (χ2n) is 4.04. The molecule has 1 aromatic carbocycles. The SMILES string of the molecule is O=C(O)CC(O)C(O)c1ccc2ccccc2n1. The van der Waals surface area contributed by atoms with Gasteiger partial charge in [-0.3, -0.25) is 4.79 Å². The summed E-state index contributed by atoms with van der Waals surface area (Å²) in [5, 5.41) is 28.8. The smallest absolute Gasteiger partial charge is 0.306 e. The molecule has 0 saturated heterocycles. The Labute approximate surface area is 103 Å². The van der Waals surface area contributed by atoms with E-state index in [-0.39, 0.29) is 5.69 Å². The van der Waals surface area contributed by atoms with E-state index in [2.05, 4.69) is 4.98 Å². The van der Waals surface area contributed by atoms with Crippen LogP contribution in [0.5, 0.6) is 0 Å². The fourth-order valence-electron chi connectivity index (χ4n) is 1.73. The van der Waals surface area contributed by atoms with Crippen molar-refractivity contribution in [1.82, 2.24) is 4.98 Å². The van der Waals surface area contributed by atoms with Crippen molar-refractivity contribution in [2.45, 2.75) is 18.6 Å². The summed E-state index contributed by atoms with van der Waals surface area (Å²) in [7, 11) is 0. The highest BCUT2D eigenvalue weighted by Crippen LogP contribution is 2.20. The van der Waals surface area contributed by atoms with Gasteiger partial charge in [0.2, 0.25) is 0 Å². The Morgan fingerprint density at radius 3 is 2.61 bits per heavy atom. The molecule has 3 N–H and O–H groups in total. The van der Waals surface area contributed by atoms with Crippen LogP contribution in [0.4, 0.5) is 0 Å². The molecule has 1 heterocycles. The molecule has 0 bridgehead atoms. The second kappa shape index (κ2) is 5.12. The van der Waals surface area contributed by atoms with Crippen molar-refractivity contribution >= 4 is 16.9 Å². The lowest BCUT2D eigenvalue weighted by atomic mass is 10.1. The van der Waals surface area contributed by atoms with E-state index in [1.54, 1.807) is 18.2 Å². The van der Waals surface area contributed by atoms with Crippen LogP contribution in [0.15, 0.2) is 36.4 Å².